The molecule has 1 saturated carbocycles. The van der Waals surface area contributed by atoms with Crippen LogP contribution >= 0.6 is 0 Å². The van der Waals surface area contributed by atoms with Gasteiger partial charge in [-0.3, -0.25) is 4.79 Å². The number of hydrogen-bond acceptors (Lipinski definition) is 5. The van der Waals surface area contributed by atoms with Crippen LogP contribution < -0.4 is 11.1 Å². The molecule has 0 aromatic carbocycles. The highest BCUT2D eigenvalue weighted by Crippen LogP contribution is 2.28. The van der Waals surface area contributed by atoms with Crippen LogP contribution in [0.1, 0.15) is 48.4 Å². The van der Waals surface area contributed by atoms with E-state index in [1.54, 1.807) is 13.0 Å². The number of nitrogens with zero attached hydrogens (tertiary/aromatic N) is 2. The molecular weight excluding hydrogens is 248 g/mol. The van der Waals surface area contributed by atoms with Gasteiger partial charge < -0.3 is 20.8 Å². The van der Waals surface area contributed by atoms with Crippen LogP contribution in [0.3, 0.4) is 0 Å². The zero-order valence-electron chi connectivity index (χ0n) is 10.8. The quantitative estimate of drug-likeness (QED) is 0.329. The first kappa shape index (κ1) is 13.4. The number of nitrogens with one attached hydrogen (secondary N) is 1. The van der Waals surface area contributed by atoms with Crippen molar-refractivity contribution in [2.75, 3.05) is 0 Å². The SMILES string of the molecule is Cc1cc(C(=O)NC2(C(N)=NO)CCCCC2)no1. The Bertz CT molecular complexity index is 489. The Morgan fingerprint density at radius 3 is 2.74 bits per heavy atom. The number of carbonyl (C=O) groups is 1. The maximum Gasteiger partial charge on any atom is 0.274 e. The maximum absolute atomic E-state index is 12.1. The van der Waals surface area contributed by atoms with Gasteiger partial charge in [-0.15, -0.1) is 0 Å². The summed E-state index contributed by atoms with van der Waals surface area (Å²) in [6.07, 6.45) is 4.25. The van der Waals surface area contributed by atoms with Crippen LogP contribution in [0.15, 0.2) is 15.7 Å². The molecule has 0 unspecified atom stereocenters. The van der Waals surface area contributed by atoms with E-state index in [2.05, 4.69) is 15.6 Å². The van der Waals surface area contributed by atoms with Gasteiger partial charge in [-0.1, -0.05) is 29.6 Å². The standard InChI is InChI=1S/C12H18N4O3/c1-8-7-9(16-19-8)10(17)14-12(11(13)15-18)5-3-2-4-6-12/h7,18H,2-6H2,1H3,(H2,13,15)(H,14,17). The Balaban J connectivity index is 2.19. The zero-order valence-corrected chi connectivity index (χ0v) is 10.8. The van der Waals surface area contributed by atoms with Crippen molar-refractivity contribution in [2.45, 2.75) is 44.6 Å². The molecule has 2 rings (SSSR count). The van der Waals surface area contributed by atoms with Crippen molar-refractivity contribution >= 4 is 11.7 Å². The van der Waals surface area contributed by atoms with E-state index in [-0.39, 0.29) is 17.4 Å². The number of rotatable bonds is 3. The predicted octanol–water partition coefficient (Wildman–Crippen LogP) is 1.16. The molecule has 104 valence electrons. The van der Waals surface area contributed by atoms with Gasteiger partial charge in [0, 0.05) is 6.07 Å². The Hall–Kier alpha value is -2.05. The van der Waals surface area contributed by atoms with E-state index in [1.165, 1.54) is 0 Å². The largest absolute Gasteiger partial charge is 0.409 e. The fraction of sp³-hybridized carbons (Fsp3) is 0.583. The molecule has 0 spiro atoms. The Kier molecular flexibility index (Phi) is 3.73. The summed E-state index contributed by atoms with van der Waals surface area (Å²) in [5, 5.41) is 18.5. The lowest BCUT2D eigenvalue weighted by Crippen LogP contribution is -2.58. The van der Waals surface area contributed by atoms with Crippen LogP contribution in [0.5, 0.6) is 0 Å². The van der Waals surface area contributed by atoms with Gasteiger partial charge in [0.25, 0.3) is 5.91 Å². The first-order valence-electron chi connectivity index (χ1n) is 6.31. The number of nitrogens with two attached hydrogens (primary N) is 1. The molecule has 0 saturated heterocycles. The summed E-state index contributed by atoms with van der Waals surface area (Å²) in [7, 11) is 0. The normalized spacial score (nSPS) is 19.1. The third kappa shape index (κ3) is 2.69. The van der Waals surface area contributed by atoms with Crippen molar-refractivity contribution in [3.8, 4) is 0 Å². The highest BCUT2D eigenvalue weighted by molar-refractivity contribution is 5.99. The van der Waals surface area contributed by atoms with Crippen molar-refractivity contribution < 1.29 is 14.5 Å². The highest BCUT2D eigenvalue weighted by Gasteiger charge is 2.38. The Morgan fingerprint density at radius 2 is 2.21 bits per heavy atom. The second kappa shape index (κ2) is 5.29. The minimum atomic E-state index is -0.781. The van der Waals surface area contributed by atoms with Gasteiger partial charge in [0.2, 0.25) is 0 Å². The summed E-state index contributed by atoms with van der Waals surface area (Å²) in [5.41, 5.74) is 5.18. The topological polar surface area (TPSA) is 114 Å². The van der Waals surface area contributed by atoms with E-state index in [9.17, 15) is 4.79 Å². The summed E-state index contributed by atoms with van der Waals surface area (Å²) in [4.78, 5) is 12.1. The van der Waals surface area contributed by atoms with Gasteiger partial charge in [0.15, 0.2) is 11.5 Å². The van der Waals surface area contributed by atoms with Crippen LogP contribution in [-0.4, -0.2) is 27.6 Å². The second-order valence-corrected chi connectivity index (χ2v) is 4.90. The molecule has 1 heterocycles. The van der Waals surface area contributed by atoms with E-state index in [0.29, 0.717) is 18.6 Å². The average molecular weight is 266 g/mol. The number of amidine groups is 1. The predicted molar refractivity (Wildman–Crippen MR) is 67.9 cm³/mol. The Morgan fingerprint density at radius 1 is 1.53 bits per heavy atom. The van der Waals surface area contributed by atoms with E-state index >= 15 is 0 Å². The second-order valence-electron chi connectivity index (χ2n) is 4.90. The maximum atomic E-state index is 12.1. The van der Waals surface area contributed by atoms with Gasteiger partial charge in [-0.05, 0) is 19.8 Å². The van der Waals surface area contributed by atoms with Gasteiger partial charge in [-0.25, -0.2) is 0 Å². The van der Waals surface area contributed by atoms with E-state index in [0.717, 1.165) is 19.3 Å². The Labute approximate surface area is 110 Å². The molecule has 1 fully saturated rings. The number of carbonyl (C=O) groups excluding carboxylic acids is 1. The molecule has 4 N–H and O–H groups in total. The van der Waals surface area contributed by atoms with Crippen molar-refractivity contribution in [1.29, 1.82) is 0 Å². The lowest BCUT2D eigenvalue weighted by atomic mass is 9.80. The van der Waals surface area contributed by atoms with E-state index < -0.39 is 5.54 Å². The molecule has 1 aliphatic carbocycles. The van der Waals surface area contributed by atoms with Crippen molar-refractivity contribution in [3.05, 3.63) is 17.5 Å². The van der Waals surface area contributed by atoms with Crippen LogP contribution in [0.25, 0.3) is 0 Å². The van der Waals surface area contributed by atoms with E-state index in [4.69, 9.17) is 15.5 Å². The van der Waals surface area contributed by atoms with E-state index in [1.807, 2.05) is 0 Å². The molecule has 19 heavy (non-hydrogen) atoms. The highest BCUT2D eigenvalue weighted by atomic mass is 16.5. The van der Waals surface area contributed by atoms with Gasteiger partial charge in [0.05, 0.1) is 0 Å². The lowest BCUT2D eigenvalue weighted by Gasteiger charge is -2.36. The average Bonchev–Trinajstić information content (AvgIpc) is 2.85. The van der Waals surface area contributed by atoms with Crippen molar-refractivity contribution in [3.63, 3.8) is 0 Å². The first-order valence-corrected chi connectivity index (χ1v) is 6.31. The summed E-state index contributed by atoms with van der Waals surface area (Å²) in [5.74, 6) is 0.234. The number of hydrogen-bond donors (Lipinski definition) is 3. The summed E-state index contributed by atoms with van der Waals surface area (Å²) < 4.78 is 4.87. The van der Waals surface area contributed by atoms with Crippen molar-refractivity contribution in [2.24, 2.45) is 10.9 Å². The van der Waals surface area contributed by atoms with Gasteiger partial charge in [-0.2, -0.15) is 0 Å². The molecule has 0 aliphatic heterocycles. The summed E-state index contributed by atoms with van der Waals surface area (Å²) in [6.45, 7) is 1.71. The number of aromatic nitrogens is 1. The van der Waals surface area contributed by atoms with Crippen LogP contribution in [0, 0.1) is 6.92 Å². The molecule has 1 aromatic rings. The third-order valence-corrected chi connectivity index (χ3v) is 3.52. The minimum Gasteiger partial charge on any atom is -0.409 e. The smallest absolute Gasteiger partial charge is 0.274 e. The zero-order chi connectivity index (χ0) is 13.9. The fourth-order valence-electron chi connectivity index (χ4n) is 2.45. The minimum absolute atomic E-state index is 0.0424. The number of amides is 1. The lowest BCUT2D eigenvalue weighted by molar-refractivity contribution is 0.0896. The number of aryl methyl sites for hydroxylation is 1. The molecule has 1 amide bonds. The molecule has 0 bridgehead atoms. The number of oxime groups is 1. The van der Waals surface area contributed by atoms with Crippen LogP contribution in [0.4, 0.5) is 0 Å². The third-order valence-electron chi connectivity index (χ3n) is 3.52. The van der Waals surface area contributed by atoms with Gasteiger partial charge in [0.1, 0.15) is 11.3 Å². The fourth-order valence-corrected chi connectivity index (χ4v) is 2.45. The molecule has 7 nitrogen and oxygen atoms in total. The summed E-state index contributed by atoms with van der Waals surface area (Å²) in [6, 6.07) is 1.55. The molecule has 0 atom stereocenters. The monoisotopic (exact) mass is 266 g/mol. The molecular formula is C12H18N4O3. The van der Waals surface area contributed by atoms with Crippen LogP contribution in [0.2, 0.25) is 0 Å². The molecule has 0 radical (unpaired) electrons. The van der Waals surface area contributed by atoms with Crippen LogP contribution in [-0.2, 0) is 0 Å². The van der Waals surface area contributed by atoms with Gasteiger partial charge >= 0.3 is 0 Å². The first-order chi connectivity index (χ1) is 9.07. The molecule has 1 aromatic heterocycles. The molecule has 1 aliphatic rings. The van der Waals surface area contributed by atoms with Crippen molar-refractivity contribution in [1.82, 2.24) is 10.5 Å². The molecule has 7 heteroatoms. The summed E-state index contributed by atoms with van der Waals surface area (Å²) >= 11 is 0.